The molecular weight excluding hydrogens is 130 g/mol. The number of thiol groups is 1. The summed E-state index contributed by atoms with van der Waals surface area (Å²) in [5.41, 5.74) is 5.36. The van der Waals surface area contributed by atoms with Crippen LogP contribution in [-0.4, -0.2) is 11.3 Å². The van der Waals surface area contributed by atoms with Crippen molar-refractivity contribution in [1.29, 1.82) is 0 Å². The summed E-state index contributed by atoms with van der Waals surface area (Å²) in [4.78, 5) is 0. The molecule has 0 aliphatic carbocycles. The van der Waals surface area contributed by atoms with Crippen molar-refractivity contribution in [3.05, 3.63) is 0 Å². The molecule has 0 bridgehead atoms. The summed E-state index contributed by atoms with van der Waals surface area (Å²) < 4.78 is 0. The van der Waals surface area contributed by atoms with Crippen molar-refractivity contribution < 1.29 is 0 Å². The number of hydrogen-bond donors (Lipinski definition) is 2. The lowest BCUT2D eigenvalue weighted by atomic mass is 10.3. The Morgan fingerprint density at radius 2 is 1.57 bits per heavy atom. The molecule has 2 N–H and O–H groups in total. The molecule has 3 heteroatoms. The third-order valence-corrected chi connectivity index (χ3v) is 1.23. The van der Waals surface area contributed by atoms with Crippen LogP contribution in [0.3, 0.4) is 0 Å². The van der Waals surface area contributed by atoms with Gasteiger partial charge in [-0.2, -0.15) is 12.6 Å². The van der Waals surface area contributed by atoms with E-state index in [1.54, 1.807) is 0 Å². The zero-order valence-electron chi connectivity index (χ0n) is 4.59. The summed E-state index contributed by atoms with van der Waals surface area (Å²) >= 11 is 4.07. The molecule has 0 spiro atoms. The largest absolute Gasteiger partial charge is 0.327 e. The van der Waals surface area contributed by atoms with Crippen LogP contribution in [0, 0.1) is 0 Å². The Hall–Kier alpha value is 0.600. The topological polar surface area (TPSA) is 26.0 Å². The van der Waals surface area contributed by atoms with Crippen molar-refractivity contribution in [2.45, 2.75) is 25.1 Å². The van der Waals surface area contributed by atoms with Crippen molar-refractivity contribution in [3.63, 3.8) is 0 Å². The number of halogens is 1. The van der Waals surface area contributed by atoms with Gasteiger partial charge in [-0.25, -0.2) is 0 Å². The van der Waals surface area contributed by atoms with Crippen LogP contribution in [0.25, 0.3) is 0 Å². The van der Waals surface area contributed by atoms with Gasteiger partial charge in [0.15, 0.2) is 0 Å². The first-order valence-electron chi connectivity index (χ1n) is 2.08. The summed E-state index contributed by atoms with van der Waals surface area (Å²) in [7, 11) is 0. The maximum atomic E-state index is 5.36. The lowest BCUT2D eigenvalue weighted by Gasteiger charge is -2.05. The van der Waals surface area contributed by atoms with E-state index in [-0.39, 0.29) is 18.4 Å². The van der Waals surface area contributed by atoms with Crippen molar-refractivity contribution in [2.24, 2.45) is 5.73 Å². The van der Waals surface area contributed by atoms with Crippen LogP contribution in [-0.2, 0) is 0 Å². The fraction of sp³-hybridized carbons (Fsp3) is 1.00. The molecule has 0 aromatic rings. The van der Waals surface area contributed by atoms with Gasteiger partial charge < -0.3 is 5.73 Å². The second-order valence-corrected chi connectivity index (χ2v) is 2.41. The van der Waals surface area contributed by atoms with Gasteiger partial charge in [-0.15, -0.1) is 12.4 Å². The molecule has 2 unspecified atom stereocenters. The lowest BCUT2D eigenvalue weighted by molar-refractivity contribution is 0.735. The molecule has 1 nitrogen and oxygen atoms in total. The molecule has 2 atom stereocenters. The monoisotopic (exact) mass is 141 g/mol. The minimum Gasteiger partial charge on any atom is -0.327 e. The zero-order valence-corrected chi connectivity index (χ0v) is 6.30. The van der Waals surface area contributed by atoms with Gasteiger partial charge >= 0.3 is 0 Å². The number of rotatable bonds is 1. The van der Waals surface area contributed by atoms with Gasteiger partial charge in [0.25, 0.3) is 0 Å². The van der Waals surface area contributed by atoms with Gasteiger partial charge in [-0.3, -0.25) is 0 Å². The average molecular weight is 142 g/mol. The molecular formula is C4H12ClNS. The summed E-state index contributed by atoms with van der Waals surface area (Å²) in [6.45, 7) is 3.92. The molecule has 0 rings (SSSR count). The van der Waals surface area contributed by atoms with Crippen molar-refractivity contribution >= 4 is 25.0 Å². The minimum atomic E-state index is 0. The van der Waals surface area contributed by atoms with E-state index < -0.39 is 0 Å². The Bertz CT molecular complexity index is 32.7. The van der Waals surface area contributed by atoms with Gasteiger partial charge in [0.2, 0.25) is 0 Å². The van der Waals surface area contributed by atoms with Crippen LogP contribution in [0.1, 0.15) is 13.8 Å². The molecule has 0 aromatic heterocycles. The van der Waals surface area contributed by atoms with E-state index in [9.17, 15) is 0 Å². The molecule has 0 aliphatic rings. The Kier molecular flexibility index (Phi) is 7.17. The van der Waals surface area contributed by atoms with Crippen LogP contribution in [0.5, 0.6) is 0 Å². The smallest absolute Gasteiger partial charge is 0.0137 e. The third-order valence-electron chi connectivity index (χ3n) is 0.761. The average Bonchev–Trinajstić information content (AvgIpc) is 1.36. The number of nitrogens with two attached hydrogens (primary N) is 1. The van der Waals surface area contributed by atoms with Crippen LogP contribution in [0.15, 0.2) is 0 Å². The second-order valence-electron chi connectivity index (χ2n) is 1.60. The van der Waals surface area contributed by atoms with Gasteiger partial charge in [0.05, 0.1) is 0 Å². The Labute approximate surface area is 56.5 Å². The van der Waals surface area contributed by atoms with Gasteiger partial charge in [-0.05, 0) is 6.92 Å². The molecule has 0 heterocycles. The van der Waals surface area contributed by atoms with E-state index in [0.717, 1.165) is 0 Å². The molecule has 0 radical (unpaired) electrons. The van der Waals surface area contributed by atoms with E-state index in [2.05, 4.69) is 12.6 Å². The SMILES string of the molecule is CC(N)C(C)S.Cl. The Morgan fingerprint density at radius 3 is 1.57 bits per heavy atom. The fourth-order valence-electron chi connectivity index (χ4n) is 0. The fourth-order valence-corrected chi connectivity index (χ4v) is 0. The van der Waals surface area contributed by atoms with Crippen LogP contribution in [0.4, 0.5) is 0 Å². The summed E-state index contributed by atoms with van der Waals surface area (Å²) in [6, 6.07) is 0.216. The quantitative estimate of drug-likeness (QED) is 0.525. The first-order chi connectivity index (χ1) is 2.64. The molecule has 46 valence electrons. The number of hydrogen-bond acceptors (Lipinski definition) is 2. The van der Waals surface area contributed by atoms with Crippen LogP contribution in [0.2, 0.25) is 0 Å². The molecule has 0 aliphatic heterocycles. The maximum Gasteiger partial charge on any atom is 0.0137 e. The third kappa shape index (κ3) is 6.60. The summed E-state index contributed by atoms with van der Waals surface area (Å²) in [5.74, 6) is 0. The minimum absolute atomic E-state index is 0. The van der Waals surface area contributed by atoms with Crippen molar-refractivity contribution in [2.75, 3.05) is 0 Å². The van der Waals surface area contributed by atoms with Crippen molar-refractivity contribution in [3.8, 4) is 0 Å². The van der Waals surface area contributed by atoms with E-state index >= 15 is 0 Å². The highest BCUT2D eigenvalue weighted by Crippen LogP contribution is 1.94. The Balaban J connectivity index is 0. The normalized spacial score (nSPS) is 17.1. The molecule has 0 saturated heterocycles. The van der Waals surface area contributed by atoms with Gasteiger partial charge in [-0.1, -0.05) is 6.92 Å². The van der Waals surface area contributed by atoms with E-state index in [0.29, 0.717) is 5.25 Å². The zero-order chi connectivity index (χ0) is 5.15. The maximum absolute atomic E-state index is 5.36. The molecule has 0 aromatic carbocycles. The first-order valence-corrected chi connectivity index (χ1v) is 2.60. The van der Waals surface area contributed by atoms with Gasteiger partial charge in [0.1, 0.15) is 0 Å². The Morgan fingerprint density at radius 1 is 1.43 bits per heavy atom. The van der Waals surface area contributed by atoms with E-state index in [1.807, 2.05) is 13.8 Å². The standard InChI is InChI=1S/C4H11NS.ClH/c1-3(5)4(2)6;/h3-4,6H,5H2,1-2H3;1H. The first kappa shape index (κ1) is 10.6. The van der Waals surface area contributed by atoms with Crippen LogP contribution < -0.4 is 5.73 Å². The van der Waals surface area contributed by atoms with Crippen molar-refractivity contribution in [1.82, 2.24) is 0 Å². The molecule has 0 saturated carbocycles. The van der Waals surface area contributed by atoms with Gasteiger partial charge in [0, 0.05) is 11.3 Å². The summed E-state index contributed by atoms with van der Waals surface area (Å²) in [6.07, 6.45) is 0. The van der Waals surface area contributed by atoms with Crippen LogP contribution >= 0.6 is 25.0 Å². The second kappa shape index (κ2) is 4.75. The predicted octanol–water partition coefficient (Wildman–Crippen LogP) is 1.07. The molecule has 0 fully saturated rings. The highest BCUT2D eigenvalue weighted by Gasteiger charge is 1.96. The highest BCUT2D eigenvalue weighted by atomic mass is 35.5. The molecule has 0 amide bonds. The van der Waals surface area contributed by atoms with E-state index in [4.69, 9.17) is 5.73 Å². The molecule has 7 heavy (non-hydrogen) atoms. The highest BCUT2D eigenvalue weighted by molar-refractivity contribution is 7.81. The predicted molar refractivity (Wildman–Crippen MR) is 39.3 cm³/mol. The van der Waals surface area contributed by atoms with E-state index in [1.165, 1.54) is 0 Å². The summed E-state index contributed by atoms with van der Waals surface area (Å²) in [5, 5.41) is 0.324. The lowest BCUT2D eigenvalue weighted by Crippen LogP contribution is -2.24.